The zero-order valence-corrected chi connectivity index (χ0v) is 20.0. The molecule has 33 heavy (non-hydrogen) atoms. The average molecular weight is 509 g/mol. The minimum atomic E-state index is -0.512. The van der Waals surface area contributed by atoms with Crippen molar-refractivity contribution in [2.45, 2.75) is 20.5 Å². The molecule has 0 fully saturated rings. The summed E-state index contributed by atoms with van der Waals surface area (Å²) in [4.78, 5) is 12.7. The third-order valence-electron chi connectivity index (χ3n) is 4.86. The van der Waals surface area contributed by atoms with Crippen molar-refractivity contribution >= 4 is 33.6 Å². The number of carbonyl (C=O) groups excluding carboxylic acids is 1. The molecule has 0 aliphatic rings. The molecule has 0 spiro atoms. The summed E-state index contributed by atoms with van der Waals surface area (Å²) >= 11 is 3.46. The van der Waals surface area contributed by atoms with E-state index in [4.69, 9.17) is 9.47 Å². The van der Waals surface area contributed by atoms with Gasteiger partial charge in [-0.2, -0.15) is 5.26 Å². The maximum atomic E-state index is 13.4. The van der Waals surface area contributed by atoms with Crippen LogP contribution in [0.5, 0.6) is 11.5 Å². The fourth-order valence-corrected chi connectivity index (χ4v) is 3.61. The highest BCUT2D eigenvalue weighted by Gasteiger charge is 2.15. The Labute approximate surface area is 200 Å². The number of benzene rings is 3. The van der Waals surface area contributed by atoms with Crippen molar-refractivity contribution in [3.63, 3.8) is 0 Å². The van der Waals surface area contributed by atoms with Crippen molar-refractivity contribution in [1.29, 1.82) is 5.26 Å². The third-order valence-corrected chi connectivity index (χ3v) is 5.55. The van der Waals surface area contributed by atoms with Crippen LogP contribution >= 0.6 is 15.9 Å². The van der Waals surface area contributed by atoms with E-state index in [-0.39, 0.29) is 18.0 Å². The number of rotatable bonds is 7. The lowest BCUT2D eigenvalue weighted by atomic mass is 10.1. The van der Waals surface area contributed by atoms with Crippen LogP contribution in [-0.2, 0) is 11.4 Å². The van der Waals surface area contributed by atoms with Gasteiger partial charge in [-0.15, -0.1) is 0 Å². The summed E-state index contributed by atoms with van der Waals surface area (Å²) < 4.78 is 25.2. The van der Waals surface area contributed by atoms with Crippen LogP contribution in [0.25, 0.3) is 6.08 Å². The molecule has 0 radical (unpaired) electrons. The first-order chi connectivity index (χ1) is 15.8. The van der Waals surface area contributed by atoms with E-state index >= 15 is 0 Å². The summed E-state index contributed by atoms with van der Waals surface area (Å²) in [5.41, 5.74) is 3.81. The van der Waals surface area contributed by atoms with Crippen molar-refractivity contribution in [2.75, 3.05) is 12.4 Å². The second-order valence-electron chi connectivity index (χ2n) is 7.39. The number of amides is 1. The number of hydrogen-bond acceptors (Lipinski definition) is 4. The van der Waals surface area contributed by atoms with Gasteiger partial charge in [0.25, 0.3) is 5.91 Å². The Morgan fingerprint density at radius 2 is 1.94 bits per heavy atom. The van der Waals surface area contributed by atoms with Crippen molar-refractivity contribution in [3.05, 3.63) is 92.7 Å². The minimum absolute atomic E-state index is 0.0637. The summed E-state index contributed by atoms with van der Waals surface area (Å²) in [5.74, 6) is -0.00780. The summed E-state index contributed by atoms with van der Waals surface area (Å²) in [6.07, 6.45) is 1.47. The number of anilines is 1. The van der Waals surface area contributed by atoms with Crippen molar-refractivity contribution in [1.82, 2.24) is 0 Å². The Kier molecular flexibility index (Phi) is 7.86. The van der Waals surface area contributed by atoms with Crippen LogP contribution in [0.3, 0.4) is 0 Å². The Morgan fingerprint density at radius 3 is 2.61 bits per heavy atom. The molecule has 7 heteroatoms. The monoisotopic (exact) mass is 508 g/mol. The number of nitrogens with zero attached hydrogens (tertiary/aromatic N) is 1. The van der Waals surface area contributed by atoms with Gasteiger partial charge in [0.05, 0.1) is 7.11 Å². The SMILES string of the molecule is COc1cc(/C=C(\C#N)C(=O)Nc2ccc(C)cc2C)c(Br)cc1OCc1cccc(F)c1. The number of carbonyl (C=O) groups is 1. The molecule has 0 bridgehead atoms. The van der Waals surface area contributed by atoms with Crippen LogP contribution in [-0.4, -0.2) is 13.0 Å². The van der Waals surface area contributed by atoms with E-state index in [1.54, 1.807) is 30.3 Å². The van der Waals surface area contributed by atoms with Gasteiger partial charge in [-0.25, -0.2) is 4.39 Å². The van der Waals surface area contributed by atoms with Crippen LogP contribution in [0.2, 0.25) is 0 Å². The highest BCUT2D eigenvalue weighted by atomic mass is 79.9. The largest absolute Gasteiger partial charge is 0.493 e. The minimum Gasteiger partial charge on any atom is -0.493 e. The topological polar surface area (TPSA) is 71.3 Å². The first-order valence-electron chi connectivity index (χ1n) is 10.1. The molecule has 0 heterocycles. The van der Waals surface area contributed by atoms with Crippen molar-refractivity contribution < 1.29 is 18.7 Å². The van der Waals surface area contributed by atoms with E-state index in [0.29, 0.717) is 32.8 Å². The summed E-state index contributed by atoms with van der Waals surface area (Å²) in [6, 6.07) is 17.1. The van der Waals surface area contributed by atoms with Crippen LogP contribution in [0.4, 0.5) is 10.1 Å². The third kappa shape index (κ3) is 6.21. The van der Waals surface area contributed by atoms with Crippen LogP contribution in [0.1, 0.15) is 22.3 Å². The second-order valence-corrected chi connectivity index (χ2v) is 8.24. The molecule has 0 aliphatic heterocycles. The molecule has 0 unspecified atom stereocenters. The van der Waals surface area contributed by atoms with E-state index in [0.717, 1.165) is 11.1 Å². The van der Waals surface area contributed by atoms with E-state index in [9.17, 15) is 14.4 Å². The Morgan fingerprint density at radius 1 is 1.15 bits per heavy atom. The molecule has 5 nitrogen and oxygen atoms in total. The number of halogens is 2. The summed E-state index contributed by atoms with van der Waals surface area (Å²) in [5, 5.41) is 12.4. The normalized spacial score (nSPS) is 11.0. The van der Waals surface area contributed by atoms with Gasteiger partial charge in [-0.3, -0.25) is 4.79 Å². The van der Waals surface area contributed by atoms with E-state index in [2.05, 4.69) is 21.2 Å². The van der Waals surface area contributed by atoms with Crippen molar-refractivity contribution in [3.8, 4) is 17.6 Å². The molecule has 3 rings (SSSR count). The first kappa shape index (κ1) is 24.0. The number of aryl methyl sites for hydroxylation is 2. The molecule has 0 aliphatic carbocycles. The maximum absolute atomic E-state index is 13.4. The molecule has 3 aromatic rings. The number of methoxy groups -OCH3 is 1. The lowest BCUT2D eigenvalue weighted by molar-refractivity contribution is -0.112. The predicted octanol–water partition coefficient (Wildman–Crippen LogP) is 6.34. The second kappa shape index (κ2) is 10.8. The van der Waals surface area contributed by atoms with Gasteiger partial charge in [0.2, 0.25) is 0 Å². The quantitative estimate of drug-likeness (QED) is 0.298. The van der Waals surface area contributed by atoms with Crippen molar-refractivity contribution in [2.24, 2.45) is 0 Å². The molecule has 0 saturated heterocycles. The average Bonchev–Trinajstić information content (AvgIpc) is 2.78. The molecular formula is C26H22BrFN2O3. The molecule has 1 N–H and O–H groups in total. The Balaban J connectivity index is 1.83. The van der Waals surface area contributed by atoms with Gasteiger partial charge < -0.3 is 14.8 Å². The molecule has 0 saturated carbocycles. The number of hydrogen-bond donors (Lipinski definition) is 1. The number of nitrogens with one attached hydrogen (secondary N) is 1. The van der Waals surface area contributed by atoms with Gasteiger partial charge in [-0.05, 0) is 66.9 Å². The van der Waals surface area contributed by atoms with Gasteiger partial charge >= 0.3 is 0 Å². The summed E-state index contributed by atoms with van der Waals surface area (Å²) in [7, 11) is 1.49. The fourth-order valence-electron chi connectivity index (χ4n) is 3.17. The lowest BCUT2D eigenvalue weighted by Gasteiger charge is -2.13. The van der Waals surface area contributed by atoms with Gasteiger partial charge in [0, 0.05) is 10.2 Å². The highest BCUT2D eigenvalue weighted by Crippen LogP contribution is 2.35. The Hall–Kier alpha value is -3.63. The number of nitriles is 1. The summed E-state index contributed by atoms with van der Waals surface area (Å²) in [6.45, 7) is 4.01. The molecule has 1 amide bonds. The van der Waals surface area contributed by atoms with Gasteiger partial charge in [0.15, 0.2) is 11.5 Å². The fraction of sp³-hybridized carbons (Fsp3) is 0.154. The zero-order valence-electron chi connectivity index (χ0n) is 18.4. The molecule has 168 valence electrons. The smallest absolute Gasteiger partial charge is 0.266 e. The standard InChI is InChI=1S/C26H22BrFN2O3/c1-16-7-8-23(17(2)9-16)30-26(31)20(14-29)11-19-12-24(32-3)25(13-22(19)27)33-15-18-5-4-6-21(28)10-18/h4-13H,15H2,1-3H3,(H,30,31)/b20-11+. The highest BCUT2D eigenvalue weighted by molar-refractivity contribution is 9.10. The molecule has 0 aromatic heterocycles. The van der Waals surface area contributed by atoms with E-state index in [1.165, 1.54) is 25.3 Å². The molecule has 3 aromatic carbocycles. The maximum Gasteiger partial charge on any atom is 0.266 e. The predicted molar refractivity (Wildman–Crippen MR) is 130 cm³/mol. The van der Waals surface area contributed by atoms with Crippen LogP contribution in [0, 0.1) is 31.0 Å². The van der Waals surface area contributed by atoms with Gasteiger partial charge in [-0.1, -0.05) is 45.8 Å². The van der Waals surface area contributed by atoms with E-state index < -0.39 is 5.91 Å². The Bertz CT molecular complexity index is 1260. The zero-order chi connectivity index (χ0) is 24.0. The molecule has 0 atom stereocenters. The number of ether oxygens (including phenoxy) is 2. The van der Waals surface area contributed by atoms with E-state index in [1.807, 2.05) is 32.0 Å². The molecular weight excluding hydrogens is 487 g/mol. The lowest BCUT2D eigenvalue weighted by Crippen LogP contribution is -2.14. The van der Waals surface area contributed by atoms with Crippen LogP contribution < -0.4 is 14.8 Å². The van der Waals surface area contributed by atoms with Gasteiger partial charge in [0.1, 0.15) is 24.1 Å². The first-order valence-corrected chi connectivity index (χ1v) is 10.8. The van der Waals surface area contributed by atoms with Crippen LogP contribution in [0.15, 0.2) is 64.6 Å².